The topological polar surface area (TPSA) is 373 Å². The molecule has 3 aliphatic heterocycles. The molecular formula is C60H93Cl3N8O21. The summed E-state index contributed by atoms with van der Waals surface area (Å²) in [6.45, 7) is 0.380. The number of hydrogen-bond donors (Lipinski definition) is 5. The van der Waals surface area contributed by atoms with Crippen LogP contribution >= 0.6 is 34.8 Å². The van der Waals surface area contributed by atoms with E-state index in [1.165, 1.54) is 0 Å². The van der Waals surface area contributed by atoms with Crippen molar-refractivity contribution in [2.75, 3.05) is 72.4 Å². The summed E-state index contributed by atoms with van der Waals surface area (Å²) < 4.78 is 21.3. The van der Waals surface area contributed by atoms with Crippen molar-refractivity contribution in [2.45, 2.75) is 221 Å². The van der Waals surface area contributed by atoms with Crippen molar-refractivity contribution in [3.05, 3.63) is 0 Å². The first-order valence-corrected chi connectivity index (χ1v) is 33.2. The Balaban J connectivity index is 1.51. The lowest BCUT2D eigenvalue weighted by atomic mass is 10.0. The fourth-order valence-electron chi connectivity index (χ4n) is 9.36. The molecular weight excluding hydrogens is 1280 g/mol. The van der Waals surface area contributed by atoms with E-state index in [2.05, 4.69) is 26.6 Å². The molecule has 0 aromatic carbocycles. The van der Waals surface area contributed by atoms with E-state index in [1.807, 2.05) is 0 Å². The van der Waals surface area contributed by atoms with E-state index in [0.29, 0.717) is 118 Å². The van der Waals surface area contributed by atoms with Gasteiger partial charge in [-0.2, -0.15) is 0 Å². The number of hydrogen-bond acceptors (Lipinski definition) is 21. The maximum atomic E-state index is 13.8. The van der Waals surface area contributed by atoms with Crippen LogP contribution in [0.3, 0.4) is 0 Å². The number of amides is 11. The minimum Gasteiger partial charge on any atom is -0.445 e. The number of imide groups is 3. The zero-order valence-corrected chi connectivity index (χ0v) is 54.9. The second-order valence-corrected chi connectivity index (χ2v) is 25.1. The van der Waals surface area contributed by atoms with Crippen LogP contribution in [0.25, 0.3) is 0 Å². The second-order valence-electron chi connectivity index (χ2n) is 22.6. The molecule has 0 saturated carbocycles. The number of rotatable bonds is 52. The van der Waals surface area contributed by atoms with Gasteiger partial charge in [0.2, 0.25) is 27.4 Å². The number of unbranched alkanes of at least 4 members (excludes halogenated alkanes) is 16. The normalized spacial score (nSPS) is 14.2. The fraction of sp³-hybridized carbons (Fsp3) is 0.767. The van der Waals surface area contributed by atoms with Gasteiger partial charge in [0.05, 0.1) is 39.6 Å². The third-order valence-electron chi connectivity index (χ3n) is 14.4. The van der Waals surface area contributed by atoms with Crippen molar-refractivity contribution in [2.24, 2.45) is 0 Å². The molecule has 0 aromatic heterocycles. The highest BCUT2D eigenvalue weighted by molar-refractivity contribution is 6.67. The van der Waals surface area contributed by atoms with Crippen LogP contribution in [0.1, 0.15) is 212 Å². The van der Waals surface area contributed by atoms with Gasteiger partial charge in [-0.15, -0.1) is 15.2 Å². The summed E-state index contributed by atoms with van der Waals surface area (Å²) in [4.78, 5) is 185. The standard InChI is InChI=1S/C60H93Cl3N8O21/c61-60(62,63)44-89-58(85)67-37-20-12-1-5-13-21-48(75)68-59(41-86-38-31-45(72)64-34-17-9-2-6-14-22-55(82)90-69-49(76)25-26-50(69)77,42-87-39-32-46(73)65-35-18-10-3-7-15-23-56(83)91-70-51(78)27-28-52(70)79)43-88-40-33-47(74)66-36-19-11-4-8-16-24-57(84)92-71-53(80)29-30-54(71)81/h1-44H2,(H,64,72)(H,65,73)(H,66,74)(H,67,85)(H,68,75). The van der Waals surface area contributed by atoms with E-state index in [9.17, 15) is 67.1 Å². The number of alkyl carbamates (subject to hydrolysis) is 1. The summed E-state index contributed by atoms with van der Waals surface area (Å²) in [7, 11) is 0. The van der Waals surface area contributed by atoms with E-state index < -0.39 is 75.4 Å². The lowest BCUT2D eigenvalue weighted by molar-refractivity contribution is -0.197. The Labute approximate surface area is 551 Å². The Morgan fingerprint density at radius 2 is 0.609 bits per heavy atom. The average Bonchev–Trinajstić information content (AvgIpc) is 1.65. The predicted molar refractivity (Wildman–Crippen MR) is 328 cm³/mol. The first kappa shape index (κ1) is 80.0. The molecule has 3 rings (SSSR count). The third kappa shape index (κ3) is 37.4. The minimum atomic E-state index is -1.73. The number of halogens is 3. The Morgan fingerprint density at radius 1 is 0.337 bits per heavy atom. The Kier molecular flexibility index (Phi) is 40.6. The molecule has 0 radical (unpaired) electrons. The molecule has 11 amide bonds. The van der Waals surface area contributed by atoms with Crippen molar-refractivity contribution in [3.63, 3.8) is 0 Å². The third-order valence-corrected chi connectivity index (χ3v) is 14.7. The highest BCUT2D eigenvalue weighted by Gasteiger charge is 2.36. The smallest absolute Gasteiger partial charge is 0.407 e. The Morgan fingerprint density at radius 3 is 0.913 bits per heavy atom. The van der Waals surface area contributed by atoms with Crippen LogP contribution in [0.5, 0.6) is 0 Å². The lowest BCUT2D eigenvalue weighted by Crippen LogP contribution is -2.58. The SMILES string of the molecule is O=C(CCOCC(COCCC(=O)NCCCCCCCC(=O)ON1C(=O)CCC1=O)(COCCC(=O)NCCCCCCCC(=O)ON1C(=O)CCC1=O)NC(=O)CCCCCCCNC(=O)OCC(Cl)(Cl)Cl)NCCCCCCCC(=O)ON1C(=O)CCC1=O. The number of hydroxylamine groups is 6. The largest absolute Gasteiger partial charge is 0.445 e. The van der Waals surface area contributed by atoms with Gasteiger partial charge in [0.1, 0.15) is 12.1 Å². The summed E-state index contributed by atoms with van der Waals surface area (Å²) in [5.74, 6) is -6.37. The molecule has 3 aliphatic rings. The Hall–Kier alpha value is -6.27. The summed E-state index contributed by atoms with van der Waals surface area (Å²) in [6, 6.07) is 0. The number of nitrogens with one attached hydrogen (secondary N) is 5. The Bertz CT molecular complexity index is 2160. The van der Waals surface area contributed by atoms with Crippen molar-refractivity contribution < 1.29 is 101 Å². The van der Waals surface area contributed by atoms with Crippen molar-refractivity contribution >= 4 is 118 Å². The van der Waals surface area contributed by atoms with Crippen LogP contribution in [0.2, 0.25) is 0 Å². The molecule has 0 aliphatic carbocycles. The molecule has 29 nitrogen and oxygen atoms in total. The first-order chi connectivity index (χ1) is 44.1. The maximum absolute atomic E-state index is 13.8. The van der Waals surface area contributed by atoms with Crippen molar-refractivity contribution in [1.29, 1.82) is 0 Å². The summed E-state index contributed by atoms with van der Waals surface area (Å²) in [5.41, 5.74) is -1.35. The van der Waals surface area contributed by atoms with Gasteiger partial charge in [-0.25, -0.2) is 19.2 Å². The van der Waals surface area contributed by atoms with E-state index in [4.69, 9.17) is 68.3 Å². The molecule has 5 N–H and O–H groups in total. The van der Waals surface area contributed by atoms with Crippen LogP contribution in [0, 0.1) is 0 Å². The fourth-order valence-corrected chi connectivity index (χ4v) is 9.52. The molecule has 3 fully saturated rings. The van der Waals surface area contributed by atoms with Gasteiger partial charge >= 0.3 is 24.0 Å². The zero-order chi connectivity index (χ0) is 67.4. The van der Waals surface area contributed by atoms with Gasteiger partial charge in [-0.3, -0.25) is 47.9 Å². The lowest BCUT2D eigenvalue weighted by Gasteiger charge is -2.34. The monoisotopic (exact) mass is 1370 g/mol. The number of carbonyl (C=O) groups excluding carboxylic acids is 14. The first-order valence-electron chi connectivity index (χ1n) is 32.1. The van der Waals surface area contributed by atoms with Gasteiger partial charge < -0.3 is 60.0 Å². The molecule has 520 valence electrons. The summed E-state index contributed by atoms with van der Waals surface area (Å²) in [5, 5.41) is 15.8. The van der Waals surface area contributed by atoms with E-state index in [0.717, 1.165) is 51.4 Å². The number of alkyl halides is 3. The molecule has 0 atom stereocenters. The summed E-state index contributed by atoms with van der Waals surface area (Å²) in [6.07, 6.45) is 13.0. The molecule has 3 saturated heterocycles. The molecule has 32 heteroatoms. The molecule has 0 unspecified atom stereocenters. The van der Waals surface area contributed by atoms with Gasteiger partial charge in [0.25, 0.3) is 35.4 Å². The second kappa shape index (κ2) is 46.7. The van der Waals surface area contributed by atoms with E-state index in [1.54, 1.807) is 0 Å². The van der Waals surface area contributed by atoms with Gasteiger partial charge in [0.15, 0.2) is 0 Å². The van der Waals surface area contributed by atoms with Crippen LogP contribution in [-0.4, -0.2) is 180 Å². The van der Waals surface area contributed by atoms with Crippen LogP contribution < -0.4 is 26.6 Å². The van der Waals surface area contributed by atoms with Crippen LogP contribution in [0.15, 0.2) is 0 Å². The molecule has 0 bridgehead atoms. The van der Waals surface area contributed by atoms with Crippen LogP contribution in [-0.2, 0) is 95.8 Å². The summed E-state index contributed by atoms with van der Waals surface area (Å²) >= 11 is 16.9. The van der Waals surface area contributed by atoms with Gasteiger partial charge in [-0.1, -0.05) is 112 Å². The number of carbonyl (C=O) groups is 14. The quantitative estimate of drug-likeness (QED) is 0.0277. The van der Waals surface area contributed by atoms with E-state index >= 15 is 0 Å². The van der Waals surface area contributed by atoms with Gasteiger partial charge in [-0.05, 0) is 51.4 Å². The maximum Gasteiger partial charge on any atom is 0.407 e. The van der Waals surface area contributed by atoms with Crippen LogP contribution in [0.4, 0.5) is 4.79 Å². The molecule has 92 heavy (non-hydrogen) atoms. The average molecular weight is 1370 g/mol. The molecule has 0 spiro atoms. The number of ether oxygens (including phenoxy) is 4. The minimum absolute atomic E-state index is 0.0164. The highest BCUT2D eigenvalue weighted by Crippen LogP contribution is 2.26. The van der Waals surface area contributed by atoms with Gasteiger partial charge in [0, 0.05) is 110 Å². The predicted octanol–water partition coefficient (Wildman–Crippen LogP) is 5.69. The van der Waals surface area contributed by atoms with Crippen molar-refractivity contribution in [3.8, 4) is 0 Å². The molecule has 0 aromatic rings. The highest BCUT2D eigenvalue weighted by atomic mass is 35.6. The van der Waals surface area contributed by atoms with E-state index in [-0.39, 0.29) is 147 Å². The number of nitrogens with zero attached hydrogens (tertiary/aromatic N) is 3. The zero-order valence-electron chi connectivity index (χ0n) is 52.7. The molecule has 3 heterocycles. The van der Waals surface area contributed by atoms with Crippen molar-refractivity contribution in [1.82, 2.24) is 41.8 Å².